The maximum absolute atomic E-state index is 12.2. The van der Waals surface area contributed by atoms with E-state index in [4.69, 9.17) is 14.2 Å². The Kier molecular flexibility index (Phi) is 10.3. The van der Waals surface area contributed by atoms with Crippen LogP contribution in [0.1, 0.15) is 81.6 Å². The van der Waals surface area contributed by atoms with Crippen molar-refractivity contribution in [3.05, 3.63) is 0 Å². The van der Waals surface area contributed by atoms with E-state index >= 15 is 0 Å². The Balaban J connectivity index is 6.14. The standard InChI is InChI=1S/3C7H11O3.Fe/c3*1-5(2)10-7(9)4-6(3)8;/h3*4H2,1-3H3;. The SMILES string of the molecule is CC(=O)CC(=O)O[C](C)(C)[Fe]([C](C)(C)OC(=O)CC(C)=O)[C](C)(C)OC(=O)CC(C)=O. The molecule has 0 aliphatic carbocycles. The van der Waals surface area contributed by atoms with Crippen LogP contribution in [0.2, 0.25) is 0 Å². The van der Waals surface area contributed by atoms with Gasteiger partial charge >= 0.3 is 187 Å². The summed E-state index contributed by atoms with van der Waals surface area (Å²) in [6.07, 6.45) is -1.32. The van der Waals surface area contributed by atoms with Crippen LogP contribution in [-0.2, 0) is 56.9 Å². The molecule has 0 amide bonds. The molecule has 0 bridgehead atoms. The van der Waals surface area contributed by atoms with Crippen LogP contribution in [0.15, 0.2) is 0 Å². The van der Waals surface area contributed by atoms with Crippen molar-refractivity contribution in [1.82, 2.24) is 0 Å². The van der Waals surface area contributed by atoms with Gasteiger partial charge in [0.1, 0.15) is 0 Å². The van der Waals surface area contributed by atoms with Crippen molar-refractivity contribution in [3.8, 4) is 0 Å². The Bertz CT molecular complexity index is 650. The summed E-state index contributed by atoms with van der Waals surface area (Å²) in [6, 6.07) is 0. The molecule has 31 heavy (non-hydrogen) atoms. The van der Waals surface area contributed by atoms with Crippen molar-refractivity contribution in [2.75, 3.05) is 0 Å². The Labute approximate surface area is 187 Å². The molecule has 9 nitrogen and oxygen atoms in total. The molecule has 179 valence electrons. The van der Waals surface area contributed by atoms with Crippen LogP contribution in [0.25, 0.3) is 0 Å². The van der Waals surface area contributed by atoms with Crippen LogP contribution in [0, 0.1) is 0 Å². The van der Waals surface area contributed by atoms with E-state index in [2.05, 4.69) is 0 Å². The Morgan fingerprint density at radius 1 is 0.516 bits per heavy atom. The molecule has 0 heterocycles. The fraction of sp³-hybridized carbons (Fsp3) is 0.714. The average Bonchev–Trinajstić information content (AvgIpc) is 2.39. The molecule has 0 saturated heterocycles. The van der Waals surface area contributed by atoms with E-state index in [0.29, 0.717) is 0 Å². The van der Waals surface area contributed by atoms with Gasteiger partial charge in [0, 0.05) is 0 Å². The number of ether oxygens (including phenoxy) is 3. The van der Waals surface area contributed by atoms with Gasteiger partial charge in [-0.25, -0.2) is 0 Å². The third-order valence-corrected chi connectivity index (χ3v) is 7.85. The second kappa shape index (κ2) is 11.0. The summed E-state index contributed by atoms with van der Waals surface area (Å²) in [5.41, 5.74) is 0. The Hall–Kier alpha value is -2.06. The maximum atomic E-state index is 12.2. The van der Waals surface area contributed by atoms with Crippen LogP contribution in [0.5, 0.6) is 0 Å². The molecule has 10 heteroatoms. The van der Waals surface area contributed by atoms with Crippen LogP contribution in [0.4, 0.5) is 0 Å². The van der Waals surface area contributed by atoms with Gasteiger partial charge in [0.2, 0.25) is 0 Å². The fourth-order valence-electron chi connectivity index (χ4n) is 3.17. The first-order valence-corrected chi connectivity index (χ1v) is 11.3. The summed E-state index contributed by atoms with van der Waals surface area (Å²) in [7, 11) is 0. The van der Waals surface area contributed by atoms with Crippen molar-refractivity contribution in [3.63, 3.8) is 0 Å². The van der Waals surface area contributed by atoms with Gasteiger partial charge in [-0.05, 0) is 0 Å². The van der Waals surface area contributed by atoms with Crippen molar-refractivity contribution in [2.24, 2.45) is 0 Å². The van der Waals surface area contributed by atoms with E-state index in [1.807, 2.05) is 0 Å². The predicted molar refractivity (Wildman–Crippen MR) is 106 cm³/mol. The minimum atomic E-state index is -2.08. The summed E-state index contributed by atoms with van der Waals surface area (Å²) < 4.78 is 12.8. The summed E-state index contributed by atoms with van der Waals surface area (Å²) in [4.78, 5) is 70.6. The summed E-state index contributed by atoms with van der Waals surface area (Å²) in [5.74, 6) is -3.46. The fourth-order valence-corrected chi connectivity index (χ4v) is 8.69. The van der Waals surface area contributed by atoms with E-state index in [9.17, 15) is 28.8 Å². The molecule has 0 fully saturated rings. The third-order valence-electron chi connectivity index (χ3n) is 3.52. The Morgan fingerprint density at radius 2 is 0.710 bits per heavy atom. The van der Waals surface area contributed by atoms with Gasteiger partial charge < -0.3 is 0 Å². The zero-order valence-electron chi connectivity index (χ0n) is 19.6. The number of Topliss-reactive ketones (excluding diaryl/α,β-unsaturated/α-hetero) is 3. The van der Waals surface area contributed by atoms with E-state index in [1.165, 1.54) is 20.8 Å². The average molecular weight is 485 g/mol. The van der Waals surface area contributed by atoms with Gasteiger partial charge in [0.25, 0.3) is 0 Å². The molecule has 0 aliphatic heterocycles. The molecular formula is C21H33FeO9. The second-order valence-corrected chi connectivity index (χ2v) is 13.1. The molecular weight excluding hydrogens is 452 g/mol. The molecule has 0 aliphatic rings. The van der Waals surface area contributed by atoms with E-state index in [-0.39, 0.29) is 17.3 Å². The second-order valence-electron chi connectivity index (χ2n) is 8.33. The predicted octanol–water partition coefficient (Wildman–Crippen LogP) is 2.38. The molecule has 0 aromatic heterocycles. The van der Waals surface area contributed by atoms with E-state index in [0.717, 1.165) is 0 Å². The van der Waals surface area contributed by atoms with Crippen molar-refractivity contribution in [1.29, 1.82) is 0 Å². The van der Waals surface area contributed by atoms with Crippen molar-refractivity contribution >= 4 is 35.3 Å². The van der Waals surface area contributed by atoms with Gasteiger partial charge in [-0.1, -0.05) is 0 Å². The molecule has 0 aromatic carbocycles. The number of esters is 3. The molecule has 0 radical (unpaired) electrons. The molecule has 0 spiro atoms. The zero-order chi connectivity index (χ0) is 24.8. The van der Waals surface area contributed by atoms with E-state index < -0.39 is 64.6 Å². The van der Waals surface area contributed by atoms with Gasteiger partial charge in [-0.2, -0.15) is 0 Å². The molecule has 0 N–H and O–H groups in total. The van der Waals surface area contributed by atoms with Gasteiger partial charge in [-0.3, -0.25) is 0 Å². The molecule has 0 saturated carbocycles. The van der Waals surface area contributed by atoms with E-state index in [1.54, 1.807) is 41.5 Å². The number of carbonyl (C=O) groups excluding carboxylic acids is 6. The quantitative estimate of drug-likeness (QED) is 0.177. The third kappa shape index (κ3) is 10.2. The van der Waals surface area contributed by atoms with Crippen LogP contribution in [0.3, 0.4) is 0 Å². The monoisotopic (exact) mass is 485 g/mol. The summed E-state index contributed by atoms with van der Waals surface area (Å²) in [5, 5.41) is 0. The topological polar surface area (TPSA) is 130 Å². The first kappa shape index (κ1) is 28.9. The Morgan fingerprint density at radius 3 is 0.871 bits per heavy atom. The van der Waals surface area contributed by atoms with Gasteiger partial charge in [0.15, 0.2) is 0 Å². The molecule has 0 unspecified atom stereocenters. The van der Waals surface area contributed by atoms with Crippen molar-refractivity contribution in [2.45, 2.75) is 95.1 Å². The van der Waals surface area contributed by atoms with Gasteiger partial charge in [0.05, 0.1) is 0 Å². The molecule has 0 atom stereocenters. The number of hydrogen-bond donors (Lipinski definition) is 0. The summed E-state index contributed by atoms with van der Waals surface area (Å²) >= 11 is -2.08. The first-order chi connectivity index (χ1) is 13.8. The van der Waals surface area contributed by atoms with Gasteiger partial charge in [-0.15, -0.1) is 0 Å². The number of carbonyl (C=O) groups is 6. The molecule has 0 aromatic rings. The normalized spacial score (nSPS) is 12.5. The van der Waals surface area contributed by atoms with Crippen molar-refractivity contribution < 1.29 is 56.9 Å². The minimum absolute atomic E-state index is 0.383. The number of rotatable bonds is 12. The summed E-state index contributed by atoms with van der Waals surface area (Å²) in [6.45, 7) is 13.2. The molecule has 0 rings (SSSR count). The zero-order valence-corrected chi connectivity index (χ0v) is 20.8. The first-order valence-electron chi connectivity index (χ1n) is 9.60. The van der Waals surface area contributed by atoms with Crippen LogP contribution in [-0.4, -0.2) is 48.8 Å². The van der Waals surface area contributed by atoms with Crippen LogP contribution < -0.4 is 0 Å². The van der Waals surface area contributed by atoms with Crippen LogP contribution >= 0.6 is 0 Å². The number of ketones is 3. The number of hydrogen-bond acceptors (Lipinski definition) is 9.